The van der Waals surface area contributed by atoms with Gasteiger partial charge in [0.05, 0.1) is 12.2 Å². The Bertz CT molecular complexity index is 608. The fourth-order valence-electron chi connectivity index (χ4n) is 6.41. The summed E-state index contributed by atoms with van der Waals surface area (Å²) in [5, 5.41) is 21.8. The molecule has 0 aromatic heterocycles. The number of fused-ring (bicyclic) bond motifs is 5. The second-order valence-corrected chi connectivity index (χ2v) is 8.69. The lowest BCUT2D eigenvalue weighted by atomic mass is 9.46. The maximum Gasteiger partial charge on any atom is 0.155 e. The first kappa shape index (κ1) is 15.5. The monoisotopic (exact) mass is 318 g/mol. The fourth-order valence-corrected chi connectivity index (χ4v) is 6.41. The number of aliphatic hydroxyl groups excluding tert-OH is 2. The highest BCUT2D eigenvalue weighted by atomic mass is 16.3. The van der Waals surface area contributed by atoms with Crippen molar-refractivity contribution in [2.75, 3.05) is 0 Å². The van der Waals surface area contributed by atoms with E-state index < -0.39 is 17.6 Å². The molecule has 2 unspecified atom stereocenters. The predicted molar refractivity (Wildman–Crippen MR) is 84.5 cm³/mol. The van der Waals surface area contributed by atoms with Crippen molar-refractivity contribution in [3.05, 3.63) is 11.6 Å². The molecule has 0 spiro atoms. The number of carbonyl (C=O) groups is 2. The maximum absolute atomic E-state index is 12.4. The third kappa shape index (κ3) is 1.91. The van der Waals surface area contributed by atoms with Crippen LogP contribution in [0.15, 0.2) is 11.6 Å². The summed E-state index contributed by atoms with van der Waals surface area (Å²) >= 11 is 0. The molecular formula is C19H26O4. The summed E-state index contributed by atoms with van der Waals surface area (Å²) in [6.45, 7) is 4.13. The van der Waals surface area contributed by atoms with Crippen molar-refractivity contribution >= 4 is 11.6 Å². The minimum atomic E-state index is -0.583. The first-order valence-corrected chi connectivity index (χ1v) is 8.91. The quantitative estimate of drug-likeness (QED) is 0.717. The summed E-state index contributed by atoms with van der Waals surface area (Å²) in [6.07, 6.45) is 4.25. The van der Waals surface area contributed by atoms with Gasteiger partial charge in [0.25, 0.3) is 0 Å². The topological polar surface area (TPSA) is 74.6 Å². The van der Waals surface area contributed by atoms with Crippen LogP contribution >= 0.6 is 0 Å². The maximum atomic E-state index is 12.4. The second kappa shape index (κ2) is 4.76. The number of Topliss-reactive ketones (excluding diaryl/α,β-unsaturated/α-hetero) is 1. The van der Waals surface area contributed by atoms with Gasteiger partial charge in [-0.25, -0.2) is 0 Å². The Kier molecular flexibility index (Phi) is 3.21. The third-order valence-electron chi connectivity index (χ3n) is 7.63. The number of hydrogen-bond donors (Lipinski definition) is 2. The first-order chi connectivity index (χ1) is 10.8. The van der Waals surface area contributed by atoms with Crippen LogP contribution in [-0.2, 0) is 9.59 Å². The lowest BCUT2D eigenvalue weighted by Crippen LogP contribution is -2.60. The van der Waals surface area contributed by atoms with Crippen LogP contribution in [0.25, 0.3) is 0 Å². The van der Waals surface area contributed by atoms with Crippen LogP contribution in [0.4, 0.5) is 0 Å². The molecule has 0 aromatic rings. The molecule has 3 fully saturated rings. The Balaban J connectivity index is 1.80. The molecule has 0 amide bonds. The largest absolute Gasteiger partial charge is 0.393 e. The highest BCUT2D eigenvalue weighted by molar-refractivity contribution is 5.91. The SMILES string of the molecule is C[C@]12CCC(=O)C=C1CC(O)[C@@H]1[C@H]2C(O)C[C@]2(C)C(=O)CC[C@@H]12. The zero-order valence-corrected chi connectivity index (χ0v) is 13.9. The van der Waals surface area contributed by atoms with E-state index >= 15 is 0 Å². The van der Waals surface area contributed by atoms with Gasteiger partial charge in [-0.15, -0.1) is 0 Å². The van der Waals surface area contributed by atoms with Crippen LogP contribution in [0.5, 0.6) is 0 Å². The molecule has 4 heteroatoms. The van der Waals surface area contributed by atoms with Crippen molar-refractivity contribution < 1.29 is 19.8 Å². The molecule has 3 saturated carbocycles. The van der Waals surface area contributed by atoms with Crippen LogP contribution in [0.1, 0.15) is 52.4 Å². The standard InChI is InChI=1S/C19H26O4/c1-18-6-5-11(20)7-10(18)8-13(21)16-12-3-4-15(23)19(12,2)9-14(22)17(16)18/h7,12-14,16-17,21-22H,3-6,8-9H2,1-2H3/t12-,13?,14?,16+,17+,18-,19-/m0/s1. The third-order valence-corrected chi connectivity index (χ3v) is 7.63. The minimum Gasteiger partial charge on any atom is -0.393 e. The summed E-state index contributed by atoms with van der Waals surface area (Å²) in [7, 11) is 0. The van der Waals surface area contributed by atoms with Crippen LogP contribution in [-0.4, -0.2) is 34.0 Å². The lowest BCUT2D eigenvalue weighted by molar-refractivity contribution is -0.165. The van der Waals surface area contributed by atoms with Gasteiger partial charge in [-0.2, -0.15) is 0 Å². The summed E-state index contributed by atoms with van der Waals surface area (Å²) in [4.78, 5) is 24.2. The normalized spacial score (nSPS) is 52.5. The summed E-state index contributed by atoms with van der Waals surface area (Å²) in [6, 6.07) is 0. The van der Waals surface area contributed by atoms with E-state index in [1.807, 2.05) is 6.92 Å². The van der Waals surface area contributed by atoms with E-state index in [9.17, 15) is 19.8 Å². The van der Waals surface area contributed by atoms with E-state index in [0.717, 1.165) is 18.4 Å². The molecule has 2 N–H and O–H groups in total. The van der Waals surface area contributed by atoms with Crippen molar-refractivity contribution in [2.24, 2.45) is 28.6 Å². The molecule has 23 heavy (non-hydrogen) atoms. The molecule has 0 saturated heterocycles. The number of rotatable bonds is 0. The van der Waals surface area contributed by atoms with E-state index in [-0.39, 0.29) is 34.7 Å². The van der Waals surface area contributed by atoms with E-state index in [0.29, 0.717) is 25.7 Å². The Labute approximate surface area is 137 Å². The summed E-state index contributed by atoms with van der Waals surface area (Å²) < 4.78 is 0. The van der Waals surface area contributed by atoms with Crippen molar-refractivity contribution in [3.8, 4) is 0 Å². The molecule has 7 atom stereocenters. The molecule has 4 rings (SSSR count). The Morgan fingerprint density at radius 3 is 2.57 bits per heavy atom. The number of ketones is 2. The minimum absolute atomic E-state index is 0.0365. The van der Waals surface area contributed by atoms with E-state index in [1.165, 1.54) is 0 Å². The van der Waals surface area contributed by atoms with Crippen LogP contribution in [0.2, 0.25) is 0 Å². The van der Waals surface area contributed by atoms with Crippen molar-refractivity contribution in [1.29, 1.82) is 0 Å². The van der Waals surface area contributed by atoms with Gasteiger partial charge >= 0.3 is 0 Å². The average Bonchev–Trinajstić information content (AvgIpc) is 2.76. The van der Waals surface area contributed by atoms with Crippen LogP contribution in [0.3, 0.4) is 0 Å². The molecule has 0 bridgehead atoms. The molecule has 4 aliphatic carbocycles. The van der Waals surface area contributed by atoms with Gasteiger partial charge in [-0.3, -0.25) is 9.59 Å². The smallest absolute Gasteiger partial charge is 0.155 e. The Morgan fingerprint density at radius 2 is 1.83 bits per heavy atom. The fraction of sp³-hybridized carbons (Fsp3) is 0.789. The van der Waals surface area contributed by atoms with Gasteiger partial charge < -0.3 is 10.2 Å². The molecular weight excluding hydrogens is 292 g/mol. The number of hydrogen-bond acceptors (Lipinski definition) is 4. The number of aliphatic hydroxyl groups is 2. The van der Waals surface area contributed by atoms with Crippen molar-refractivity contribution in [3.63, 3.8) is 0 Å². The molecule has 0 heterocycles. The molecule has 4 aliphatic rings. The van der Waals surface area contributed by atoms with Gasteiger partial charge in [0.1, 0.15) is 5.78 Å². The zero-order valence-electron chi connectivity index (χ0n) is 13.9. The van der Waals surface area contributed by atoms with Crippen molar-refractivity contribution in [1.82, 2.24) is 0 Å². The highest BCUT2D eigenvalue weighted by Gasteiger charge is 2.64. The first-order valence-electron chi connectivity index (χ1n) is 8.91. The van der Waals surface area contributed by atoms with Gasteiger partial charge in [0.2, 0.25) is 0 Å². The van der Waals surface area contributed by atoms with E-state index in [1.54, 1.807) is 6.08 Å². The van der Waals surface area contributed by atoms with Gasteiger partial charge in [0.15, 0.2) is 5.78 Å². The van der Waals surface area contributed by atoms with Crippen LogP contribution in [0, 0.1) is 28.6 Å². The molecule has 0 radical (unpaired) electrons. The lowest BCUT2D eigenvalue weighted by Gasteiger charge is -2.59. The zero-order chi connectivity index (χ0) is 16.6. The van der Waals surface area contributed by atoms with Gasteiger partial charge in [0, 0.05) is 18.3 Å². The molecule has 0 aliphatic heterocycles. The summed E-state index contributed by atoms with van der Waals surface area (Å²) in [5.74, 6) is 0.460. The summed E-state index contributed by atoms with van der Waals surface area (Å²) in [5.41, 5.74) is 0.308. The average molecular weight is 318 g/mol. The molecule has 0 aromatic carbocycles. The molecule has 4 nitrogen and oxygen atoms in total. The van der Waals surface area contributed by atoms with Crippen LogP contribution < -0.4 is 0 Å². The predicted octanol–water partition coefficient (Wildman–Crippen LogP) is 2.03. The van der Waals surface area contributed by atoms with E-state index in [2.05, 4.69) is 6.92 Å². The van der Waals surface area contributed by atoms with Gasteiger partial charge in [-0.05, 0) is 54.9 Å². The van der Waals surface area contributed by atoms with Gasteiger partial charge in [-0.1, -0.05) is 19.4 Å². The second-order valence-electron chi connectivity index (χ2n) is 8.69. The highest BCUT2D eigenvalue weighted by Crippen LogP contribution is 2.64. The van der Waals surface area contributed by atoms with E-state index in [4.69, 9.17) is 0 Å². The molecule has 126 valence electrons. The number of carbonyl (C=O) groups excluding carboxylic acids is 2. The van der Waals surface area contributed by atoms with Crippen molar-refractivity contribution in [2.45, 2.75) is 64.6 Å². The Morgan fingerprint density at radius 1 is 1.09 bits per heavy atom. The Hall–Kier alpha value is -1.00.